The Morgan fingerprint density at radius 2 is 1.80 bits per heavy atom. The fourth-order valence-electron chi connectivity index (χ4n) is 1.83. The summed E-state index contributed by atoms with van der Waals surface area (Å²) in [4.78, 5) is 35.2. The molecule has 1 aromatic carbocycles. The zero-order chi connectivity index (χ0) is 15.1. The van der Waals surface area contributed by atoms with Gasteiger partial charge >= 0.3 is 5.97 Å². The Kier molecular flexibility index (Phi) is 5.67. The van der Waals surface area contributed by atoms with Gasteiger partial charge in [-0.25, -0.2) is 4.79 Å². The van der Waals surface area contributed by atoms with Crippen LogP contribution in [0.25, 0.3) is 0 Å². The predicted octanol–water partition coefficient (Wildman–Crippen LogP) is -0.303. The van der Waals surface area contributed by atoms with Crippen molar-refractivity contribution in [1.29, 1.82) is 0 Å². The van der Waals surface area contributed by atoms with E-state index in [1.165, 1.54) is 0 Å². The van der Waals surface area contributed by atoms with E-state index in [4.69, 9.17) is 11.5 Å². The summed E-state index contributed by atoms with van der Waals surface area (Å²) in [6.45, 7) is -0.324. The van der Waals surface area contributed by atoms with Gasteiger partial charge in [-0.15, -0.1) is 0 Å². The lowest BCUT2D eigenvalue weighted by Crippen LogP contribution is -2.48. The minimum atomic E-state index is -1.21. The highest BCUT2D eigenvalue weighted by molar-refractivity contribution is 6.00. The molecule has 0 saturated carbocycles. The molecule has 0 fully saturated rings. The van der Waals surface area contributed by atoms with Crippen LogP contribution in [0.4, 0.5) is 5.69 Å². The first-order valence-corrected chi connectivity index (χ1v) is 6.05. The highest BCUT2D eigenvalue weighted by Crippen LogP contribution is 2.19. The van der Waals surface area contributed by atoms with Gasteiger partial charge in [0.05, 0.1) is 6.54 Å². The van der Waals surface area contributed by atoms with Crippen molar-refractivity contribution >= 4 is 23.5 Å². The summed E-state index contributed by atoms with van der Waals surface area (Å²) in [5.41, 5.74) is 10.8. The zero-order valence-corrected chi connectivity index (χ0v) is 10.9. The van der Waals surface area contributed by atoms with E-state index in [-0.39, 0.29) is 19.4 Å². The molecule has 0 spiro atoms. The molecule has 7 nitrogen and oxygen atoms in total. The number of hydrogen-bond acceptors (Lipinski definition) is 4. The molecule has 0 radical (unpaired) electrons. The Balaban J connectivity index is 3.09. The molecule has 0 aliphatic carbocycles. The standard InChI is InChI=1S/C13H17N3O4/c14-8-12(18)16(9-4-2-1-3-5-9)10(13(19)20)6-7-11(15)17/h1-5,10H,6-8,14H2,(H2,15,17)(H,19,20)/t10-/m1/s1. The number of amides is 2. The van der Waals surface area contributed by atoms with Crippen LogP contribution in [0.2, 0.25) is 0 Å². The third kappa shape index (κ3) is 4.06. The summed E-state index contributed by atoms with van der Waals surface area (Å²) in [7, 11) is 0. The van der Waals surface area contributed by atoms with Gasteiger partial charge in [0.25, 0.3) is 0 Å². The minimum Gasteiger partial charge on any atom is -0.480 e. The number of aliphatic carboxylic acids is 1. The average Bonchev–Trinajstić information content (AvgIpc) is 2.43. The number of nitrogens with two attached hydrogens (primary N) is 2. The molecule has 1 atom stereocenters. The van der Waals surface area contributed by atoms with E-state index in [0.717, 1.165) is 4.90 Å². The lowest BCUT2D eigenvalue weighted by molar-refractivity contribution is -0.140. The van der Waals surface area contributed by atoms with Crippen molar-refractivity contribution < 1.29 is 19.5 Å². The number of carboxylic acid groups (broad SMARTS) is 1. The summed E-state index contributed by atoms with van der Waals surface area (Å²) in [5, 5.41) is 9.28. The number of benzene rings is 1. The van der Waals surface area contributed by atoms with Gasteiger partial charge in [-0.3, -0.25) is 14.5 Å². The number of carbonyl (C=O) groups excluding carboxylic acids is 2. The highest BCUT2D eigenvalue weighted by atomic mass is 16.4. The molecular weight excluding hydrogens is 262 g/mol. The van der Waals surface area contributed by atoms with Crippen LogP contribution in [0.15, 0.2) is 30.3 Å². The summed E-state index contributed by atoms with van der Waals surface area (Å²) >= 11 is 0. The molecule has 20 heavy (non-hydrogen) atoms. The van der Waals surface area contributed by atoms with Crippen molar-refractivity contribution in [1.82, 2.24) is 0 Å². The summed E-state index contributed by atoms with van der Waals surface area (Å²) in [6, 6.07) is 7.13. The monoisotopic (exact) mass is 279 g/mol. The number of anilines is 1. The molecule has 1 aromatic rings. The molecule has 7 heteroatoms. The van der Waals surface area contributed by atoms with Crippen LogP contribution in [0, 0.1) is 0 Å². The second-order valence-corrected chi connectivity index (χ2v) is 4.16. The van der Waals surface area contributed by atoms with Crippen molar-refractivity contribution in [3.63, 3.8) is 0 Å². The number of hydrogen-bond donors (Lipinski definition) is 3. The van der Waals surface area contributed by atoms with Crippen LogP contribution < -0.4 is 16.4 Å². The summed E-state index contributed by atoms with van der Waals surface area (Å²) in [5.74, 6) is -2.37. The molecule has 0 aliphatic rings. The fourth-order valence-corrected chi connectivity index (χ4v) is 1.83. The molecule has 0 unspecified atom stereocenters. The highest BCUT2D eigenvalue weighted by Gasteiger charge is 2.30. The first kappa shape index (κ1) is 15.6. The second-order valence-electron chi connectivity index (χ2n) is 4.16. The van der Waals surface area contributed by atoms with E-state index in [2.05, 4.69) is 0 Å². The summed E-state index contributed by atoms with van der Waals surface area (Å²) < 4.78 is 0. The van der Waals surface area contributed by atoms with E-state index in [1.807, 2.05) is 0 Å². The van der Waals surface area contributed by atoms with Crippen LogP contribution in [-0.2, 0) is 14.4 Å². The zero-order valence-electron chi connectivity index (χ0n) is 10.9. The number of rotatable bonds is 7. The smallest absolute Gasteiger partial charge is 0.326 e. The number of primary amides is 1. The van der Waals surface area contributed by atoms with Crippen molar-refractivity contribution in [2.75, 3.05) is 11.4 Å². The molecule has 0 bridgehead atoms. The summed E-state index contributed by atoms with van der Waals surface area (Å²) in [6.07, 6.45) is -0.191. The van der Waals surface area contributed by atoms with Crippen molar-refractivity contribution in [2.24, 2.45) is 11.5 Å². The SMILES string of the molecule is NCC(=O)N(c1ccccc1)[C@H](CCC(N)=O)C(=O)O. The maximum Gasteiger partial charge on any atom is 0.326 e. The Labute approximate surface area is 116 Å². The Hall–Kier alpha value is -2.41. The minimum absolute atomic E-state index is 0.0642. The van der Waals surface area contributed by atoms with E-state index in [1.54, 1.807) is 30.3 Å². The normalized spacial score (nSPS) is 11.7. The second kappa shape index (κ2) is 7.25. The molecular formula is C13H17N3O4. The van der Waals surface area contributed by atoms with Gasteiger partial charge in [0, 0.05) is 12.1 Å². The van der Waals surface area contributed by atoms with Gasteiger partial charge in [-0.2, -0.15) is 0 Å². The number of carboxylic acids is 1. The van der Waals surface area contributed by atoms with E-state index >= 15 is 0 Å². The van der Waals surface area contributed by atoms with Crippen LogP contribution in [0.3, 0.4) is 0 Å². The quantitative estimate of drug-likeness (QED) is 0.631. The van der Waals surface area contributed by atoms with Crippen molar-refractivity contribution in [3.05, 3.63) is 30.3 Å². The lowest BCUT2D eigenvalue weighted by atomic mass is 10.1. The molecule has 0 saturated heterocycles. The van der Waals surface area contributed by atoms with Gasteiger partial charge in [-0.1, -0.05) is 18.2 Å². The van der Waals surface area contributed by atoms with Crippen LogP contribution in [0.1, 0.15) is 12.8 Å². The van der Waals surface area contributed by atoms with Crippen LogP contribution >= 0.6 is 0 Å². The van der Waals surface area contributed by atoms with Gasteiger partial charge < -0.3 is 16.6 Å². The average molecular weight is 279 g/mol. The predicted molar refractivity (Wildman–Crippen MR) is 72.8 cm³/mol. The Morgan fingerprint density at radius 1 is 1.20 bits per heavy atom. The largest absolute Gasteiger partial charge is 0.480 e. The van der Waals surface area contributed by atoms with Crippen molar-refractivity contribution in [2.45, 2.75) is 18.9 Å². The maximum atomic E-state index is 11.9. The van der Waals surface area contributed by atoms with Crippen LogP contribution in [-0.4, -0.2) is 35.5 Å². The van der Waals surface area contributed by atoms with E-state index in [9.17, 15) is 19.5 Å². The van der Waals surface area contributed by atoms with E-state index < -0.39 is 23.8 Å². The molecule has 2 amide bonds. The maximum absolute atomic E-state index is 11.9. The first-order chi connectivity index (χ1) is 9.47. The topological polar surface area (TPSA) is 127 Å². The fraction of sp³-hybridized carbons (Fsp3) is 0.308. The molecule has 108 valence electrons. The molecule has 0 aromatic heterocycles. The molecule has 0 heterocycles. The lowest BCUT2D eigenvalue weighted by Gasteiger charge is -2.28. The third-order valence-corrected chi connectivity index (χ3v) is 2.74. The van der Waals surface area contributed by atoms with Crippen molar-refractivity contribution in [3.8, 4) is 0 Å². The number of carbonyl (C=O) groups is 3. The molecule has 5 N–H and O–H groups in total. The number of nitrogens with zero attached hydrogens (tertiary/aromatic N) is 1. The third-order valence-electron chi connectivity index (χ3n) is 2.74. The number of para-hydroxylation sites is 1. The van der Waals surface area contributed by atoms with Gasteiger partial charge in [0.1, 0.15) is 6.04 Å². The molecule has 0 aliphatic heterocycles. The van der Waals surface area contributed by atoms with Gasteiger partial charge in [0.15, 0.2) is 0 Å². The van der Waals surface area contributed by atoms with E-state index in [0.29, 0.717) is 5.69 Å². The first-order valence-electron chi connectivity index (χ1n) is 6.05. The van der Waals surface area contributed by atoms with Crippen LogP contribution in [0.5, 0.6) is 0 Å². The Morgan fingerprint density at radius 3 is 2.25 bits per heavy atom. The Bertz CT molecular complexity index is 490. The molecule has 1 rings (SSSR count). The van der Waals surface area contributed by atoms with Gasteiger partial charge in [0.2, 0.25) is 11.8 Å². The van der Waals surface area contributed by atoms with Gasteiger partial charge in [-0.05, 0) is 18.6 Å².